The predicted octanol–water partition coefficient (Wildman–Crippen LogP) is 4.21. The summed E-state index contributed by atoms with van der Waals surface area (Å²) < 4.78 is 1.08. The molecule has 0 aliphatic carbocycles. The number of thiophene rings is 1. The van der Waals surface area contributed by atoms with Gasteiger partial charge in [-0.15, -0.1) is 11.3 Å². The lowest BCUT2D eigenvalue weighted by Crippen LogP contribution is -2.10. The number of hydrogen-bond donors (Lipinski definition) is 1. The summed E-state index contributed by atoms with van der Waals surface area (Å²) in [5, 5.41) is 0.717. The fourth-order valence-electron chi connectivity index (χ4n) is 1.38. The largest absolute Gasteiger partial charge is 0.320 e. The highest BCUT2D eigenvalue weighted by atomic mass is 79.9. The van der Waals surface area contributed by atoms with Crippen LogP contribution in [0.3, 0.4) is 0 Å². The molecule has 0 radical (unpaired) electrons. The molecule has 1 atom stereocenters. The Labute approximate surface area is 106 Å². The third kappa shape index (κ3) is 2.42. The van der Waals surface area contributed by atoms with Gasteiger partial charge in [0.2, 0.25) is 0 Å². The summed E-state index contributed by atoms with van der Waals surface area (Å²) in [6.07, 6.45) is 0. The van der Waals surface area contributed by atoms with Gasteiger partial charge >= 0.3 is 0 Å². The van der Waals surface area contributed by atoms with Gasteiger partial charge < -0.3 is 5.73 Å². The minimum Gasteiger partial charge on any atom is -0.320 e. The molecule has 0 amide bonds. The summed E-state index contributed by atoms with van der Waals surface area (Å²) >= 11 is 11.1. The molecule has 1 aromatic carbocycles. The van der Waals surface area contributed by atoms with E-state index in [0.29, 0.717) is 0 Å². The molecule has 0 aliphatic rings. The van der Waals surface area contributed by atoms with E-state index in [1.165, 1.54) is 0 Å². The molecular weight excluding hydrogens is 294 g/mol. The van der Waals surface area contributed by atoms with Crippen LogP contribution in [0.25, 0.3) is 0 Å². The standard InChI is InChI=1S/C11H9BrClNS/c12-10-6-5-9(15-10)11(14)7-3-1-2-4-8(7)13/h1-6,11H,14H2. The van der Waals surface area contributed by atoms with Crippen molar-refractivity contribution in [2.24, 2.45) is 5.73 Å². The second-order valence-electron chi connectivity index (χ2n) is 3.14. The molecule has 0 bridgehead atoms. The highest BCUT2D eigenvalue weighted by molar-refractivity contribution is 9.11. The Bertz CT molecular complexity index is 469. The first-order valence-corrected chi connectivity index (χ1v) is 6.42. The SMILES string of the molecule is NC(c1ccc(Br)s1)c1ccccc1Cl. The molecule has 0 saturated heterocycles. The second kappa shape index (κ2) is 4.66. The van der Waals surface area contributed by atoms with E-state index in [1.54, 1.807) is 11.3 Å². The van der Waals surface area contributed by atoms with Crippen molar-refractivity contribution in [2.45, 2.75) is 6.04 Å². The first-order chi connectivity index (χ1) is 7.18. The molecule has 0 saturated carbocycles. The van der Waals surface area contributed by atoms with E-state index in [4.69, 9.17) is 17.3 Å². The van der Waals surface area contributed by atoms with Crippen LogP contribution in [0.4, 0.5) is 0 Å². The molecule has 1 aromatic heterocycles. The number of nitrogens with two attached hydrogens (primary N) is 1. The Morgan fingerprint density at radius 3 is 2.53 bits per heavy atom. The molecule has 1 unspecified atom stereocenters. The Morgan fingerprint density at radius 1 is 1.20 bits per heavy atom. The summed E-state index contributed by atoms with van der Waals surface area (Å²) in [7, 11) is 0. The van der Waals surface area contributed by atoms with Crippen molar-refractivity contribution in [3.63, 3.8) is 0 Å². The van der Waals surface area contributed by atoms with Crippen molar-refractivity contribution in [1.29, 1.82) is 0 Å². The van der Waals surface area contributed by atoms with Gasteiger partial charge in [-0.3, -0.25) is 0 Å². The summed E-state index contributed by atoms with van der Waals surface area (Å²) in [6.45, 7) is 0. The first kappa shape index (κ1) is 11.1. The van der Waals surface area contributed by atoms with E-state index in [9.17, 15) is 0 Å². The molecule has 2 aromatic rings. The van der Waals surface area contributed by atoms with Gasteiger partial charge in [-0.05, 0) is 39.7 Å². The van der Waals surface area contributed by atoms with Crippen molar-refractivity contribution in [3.05, 3.63) is 55.6 Å². The van der Waals surface area contributed by atoms with Gasteiger partial charge in [0.25, 0.3) is 0 Å². The van der Waals surface area contributed by atoms with Crippen LogP contribution in [0.15, 0.2) is 40.2 Å². The van der Waals surface area contributed by atoms with Crippen LogP contribution in [0.2, 0.25) is 5.02 Å². The summed E-state index contributed by atoms with van der Waals surface area (Å²) in [5.41, 5.74) is 7.10. The number of hydrogen-bond acceptors (Lipinski definition) is 2. The van der Waals surface area contributed by atoms with Crippen molar-refractivity contribution in [1.82, 2.24) is 0 Å². The average molecular weight is 303 g/mol. The van der Waals surface area contributed by atoms with E-state index in [2.05, 4.69) is 15.9 Å². The third-order valence-electron chi connectivity index (χ3n) is 2.14. The van der Waals surface area contributed by atoms with E-state index in [0.717, 1.165) is 19.2 Å². The average Bonchev–Trinajstić information content (AvgIpc) is 2.65. The summed E-state index contributed by atoms with van der Waals surface area (Å²) in [6, 6.07) is 11.5. The van der Waals surface area contributed by atoms with Crippen molar-refractivity contribution < 1.29 is 0 Å². The quantitative estimate of drug-likeness (QED) is 0.883. The van der Waals surface area contributed by atoms with Crippen molar-refractivity contribution >= 4 is 38.9 Å². The minimum absolute atomic E-state index is 0.144. The minimum atomic E-state index is -0.144. The first-order valence-electron chi connectivity index (χ1n) is 4.43. The molecule has 1 heterocycles. The predicted molar refractivity (Wildman–Crippen MR) is 69.5 cm³/mol. The van der Waals surface area contributed by atoms with E-state index in [1.807, 2.05) is 36.4 Å². The molecule has 4 heteroatoms. The van der Waals surface area contributed by atoms with Gasteiger partial charge in [-0.25, -0.2) is 0 Å². The van der Waals surface area contributed by atoms with Gasteiger partial charge in [-0.2, -0.15) is 0 Å². The lowest BCUT2D eigenvalue weighted by molar-refractivity contribution is 0.894. The molecule has 0 spiro atoms. The number of halogens is 2. The molecule has 15 heavy (non-hydrogen) atoms. The lowest BCUT2D eigenvalue weighted by atomic mass is 10.1. The van der Waals surface area contributed by atoms with Gasteiger partial charge in [0, 0.05) is 9.90 Å². The van der Waals surface area contributed by atoms with E-state index < -0.39 is 0 Å². The second-order valence-corrected chi connectivity index (χ2v) is 6.04. The highest BCUT2D eigenvalue weighted by Crippen LogP contribution is 2.32. The highest BCUT2D eigenvalue weighted by Gasteiger charge is 2.13. The van der Waals surface area contributed by atoms with Crippen LogP contribution < -0.4 is 5.73 Å². The molecular formula is C11H9BrClNS. The van der Waals surface area contributed by atoms with Crippen LogP contribution >= 0.6 is 38.9 Å². The molecule has 78 valence electrons. The van der Waals surface area contributed by atoms with Gasteiger partial charge in [0.05, 0.1) is 9.83 Å². The van der Waals surface area contributed by atoms with Crippen LogP contribution in [0.5, 0.6) is 0 Å². The fraction of sp³-hybridized carbons (Fsp3) is 0.0909. The number of rotatable bonds is 2. The molecule has 2 rings (SSSR count). The van der Waals surface area contributed by atoms with Crippen LogP contribution in [0.1, 0.15) is 16.5 Å². The van der Waals surface area contributed by atoms with Crippen molar-refractivity contribution in [2.75, 3.05) is 0 Å². The zero-order valence-corrected chi connectivity index (χ0v) is 10.9. The molecule has 1 nitrogen and oxygen atoms in total. The van der Waals surface area contributed by atoms with E-state index in [-0.39, 0.29) is 6.04 Å². The van der Waals surface area contributed by atoms with Gasteiger partial charge in [0.15, 0.2) is 0 Å². The van der Waals surface area contributed by atoms with E-state index >= 15 is 0 Å². The topological polar surface area (TPSA) is 26.0 Å². The summed E-state index contributed by atoms with van der Waals surface area (Å²) in [4.78, 5) is 1.11. The molecule has 0 aliphatic heterocycles. The maximum Gasteiger partial charge on any atom is 0.0702 e. The lowest BCUT2D eigenvalue weighted by Gasteiger charge is -2.11. The molecule has 0 fully saturated rings. The zero-order chi connectivity index (χ0) is 10.8. The Balaban J connectivity index is 2.36. The third-order valence-corrected chi connectivity index (χ3v) is 4.19. The maximum atomic E-state index is 6.14. The van der Waals surface area contributed by atoms with Gasteiger partial charge in [0.1, 0.15) is 0 Å². The monoisotopic (exact) mass is 301 g/mol. The van der Waals surface area contributed by atoms with Crippen LogP contribution in [0, 0.1) is 0 Å². The Morgan fingerprint density at radius 2 is 1.93 bits per heavy atom. The van der Waals surface area contributed by atoms with Crippen LogP contribution in [-0.2, 0) is 0 Å². The normalized spacial score (nSPS) is 12.7. The van der Waals surface area contributed by atoms with Crippen LogP contribution in [-0.4, -0.2) is 0 Å². The van der Waals surface area contributed by atoms with Crippen molar-refractivity contribution in [3.8, 4) is 0 Å². The fourth-order valence-corrected chi connectivity index (χ4v) is 3.07. The Kier molecular flexibility index (Phi) is 3.46. The summed E-state index contributed by atoms with van der Waals surface area (Å²) in [5.74, 6) is 0. The molecule has 2 N–H and O–H groups in total. The number of benzene rings is 1. The maximum absolute atomic E-state index is 6.14. The smallest absolute Gasteiger partial charge is 0.0702 e. The zero-order valence-electron chi connectivity index (χ0n) is 7.78. The Hall–Kier alpha value is -0.350. The van der Waals surface area contributed by atoms with Gasteiger partial charge in [-0.1, -0.05) is 29.8 Å².